The van der Waals surface area contributed by atoms with E-state index in [-0.39, 0.29) is 18.2 Å². The number of hydrogen-bond acceptors (Lipinski definition) is 4. The molecule has 0 bridgehead atoms. The molecule has 1 amide bonds. The molecular weight excluding hydrogens is 516 g/mol. The zero-order valence-electron chi connectivity index (χ0n) is 23.3. The molecule has 0 saturated carbocycles. The third kappa shape index (κ3) is 5.41. The summed E-state index contributed by atoms with van der Waals surface area (Å²) in [6, 6.07) is 22.9. The van der Waals surface area contributed by atoms with Gasteiger partial charge in [0.15, 0.2) is 5.78 Å². The lowest BCUT2D eigenvalue weighted by atomic mass is 10.0. The van der Waals surface area contributed by atoms with Crippen molar-refractivity contribution in [1.29, 1.82) is 0 Å². The normalized spacial score (nSPS) is 11.1. The molecule has 5 rings (SSSR count). The van der Waals surface area contributed by atoms with Crippen LogP contribution in [0.3, 0.4) is 0 Å². The van der Waals surface area contributed by atoms with Crippen LogP contribution in [-0.4, -0.2) is 37.1 Å². The topological polar surface area (TPSA) is 106 Å². The van der Waals surface area contributed by atoms with Crippen molar-refractivity contribution in [3.8, 4) is 16.8 Å². The number of anilines is 1. The SMILES string of the molecule is CCCC(=O)c1cnn(-c2ccc(NC(=O)c3c(CC)n(CC(=O)O)c4ccc(-c5ccccc5)cc34)cc2)c1C. The van der Waals surface area contributed by atoms with Crippen LogP contribution < -0.4 is 5.32 Å². The van der Waals surface area contributed by atoms with Gasteiger partial charge in [0, 0.05) is 28.7 Å². The predicted molar refractivity (Wildman–Crippen MR) is 160 cm³/mol. The summed E-state index contributed by atoms with van der Waals surface area (Å²) in [6.45, 7) is 5.52. The summed E-state index contributed by atoms with van der Waals surface area (Å²) < 4.78 is 3.43. The highest BCUT2D eigenvalue weighted by molar-refractivity contribution is 6.15. The molecular formula is C33H32N4O4. The van der Waals surface area contributed by atoms with Crippen LogP contribution in [0, 0.1) is 6.92 Å². The molecule has 0 aliphatic carbocycles. The summed E-state index contributed by atoms with van der Waals surface area (Å²) in [6.07, 6.45) is 3.35. The van der Waals surface area contributed by atoms with Crippen LogP contribution >= 0.6 is 0 Å². The molecule has 2 heterocycles. The Morgan fingerprint density at radius 1 is 0.927 bits per heavy atom. The Kier molecular flexibility index (Phi) is 7.83. The second-order valence-corrected chi connectivity index (χ2v) is 9.98. The molecule has 2 N–H and O–H groups in total. The van der Waals surface area contributed by atoms with Crippen LogP contribution in [0.5, 0.6) is 0 Å². The van der Waals surface area contributed by atoms with E-state index in [0.717, 1.165) is 28.9 Å². The number of hydrogen-bond donors (Lipinski definition) is 2. The van der Waals surface area contributed by atoms with Crippen molar-refractivity contribution in [2.45, 2.75) is 46.6 Å². The number of fused-ring (bicyclic) bond motifs is 1. The number of aromatic nitrogens is 3. The molecule has 0 aliphatic rings. The second kappa shape index (κ2) is 11.6. The number of carbonyl (C=O) groups is 3. The maximum atomic E-state index is 13.8. The molecule has 8 nitrogen and oxygen atoms in total. The number of ketones is 1. The molecule has 0 spiro atoms. The minimum absolute atomic E-state index is 0.0735. The van der Waals surface area contributed by atoms with Gasteiger partial charge in [0.2, 0.25) is 0 Å². The molecule has 0 radical (unpaired) electrons. The molecule has 0 aliphatic heterocycles. The van der Waals surface area contributed by atoms with E-state index in [4.69, 9.17) is 0 Å². The Bertz CT molecular complexity index is 1750. The van der Waals surface area contributed by atoms with Gasteiger partial charge in [-0.3, -0.25) is 14.4 Å². The largest absolute Gasteiger partial charge is 0.480 e. The number of Topliss-reactive ketones (excluding diaryl/α,β-unsaturated/α-hetero) is 1. The summed E-state index contributed by atoms with van der Waals surface area (Å²) >= 11 is 0. The van der Waals surface area contributed by atoms with E-state index < -0.39 is 5.97 Å². The van der Waals surface area contributed by atoms with Gasteiger partial charge in [0.05, 0.1) is 28.7 Å². The van der Waals surface area contributed by atoms with Gasteiger partial charge in [-0.2, -0.15) is 5.10 Å². The fourth-order valence-electron chi connectivity index (χ4n) is 5.34. The lowest BCUT2D eigenvalue weighted by Gasteiger charge is -2.10. The first-order chi connectivity index (χ1) is 19.8. The number of rotatable bonds is 10. The van der Waals surface area contributed by atoms with Crippen LogP contribution in [0.4, 0.5) is 5.69 Å². The first kappa shape index (κ1) is 27.6. The van der Waals surface area contributed by atoms with Gasteiger partial charge >= 0.3 is 5.97 Å². The van der Waals surface area contributed by atoms with Crippen molar-refractivity contribution in [2.75, 3.05) is 5.32 Å². The highest BCUT2D eigenvalue weighted by Crippen LogP contribution is 2.32. The molecule has 5 aromatic rings. The van der Waals surface area contributed by atoms with Crippen LogP contribution in [0.15, 0.2) is 79.0 Å². The van der Waals surface area contributed by atoms with E-state index in [9.17, 15) is 19.5 Å². The number of benzene rings is 3. The first-order valence-electron chi connectivity index (χ1n) is 13.7. The van der Waals surface area contributed by atoms with Gasteiger partial charge in [-0.25, -0.2) is 4.68 Å². The standard InChI is InChI=1S/C33H32N4O4/c1-4-9-30(38)27-19-34-37(21(27)3)25-15-13-24(14-16-25)35-33(41)32-26-18-23(22-10-7-6-8-11-22)12-17-29(26)36(20-31(39)40)28(32)5-2/h6-8,10-19H,4-5,9,20H2,1-3H3,(H,35,41)(H,39,40). The molecule has 0 unspecified atom stereocenters. The summed E-state index contributed by atoms with van der Waals surface area (Å²) in [5.74, 6) is -1.21. The van der Waals surface area contributed by atoms with Gasteiger partial charge in [-0.15, -0.1) is 0 Å². The Hall–Kier alpha value is -4.98. The van der Waals surface area contributed by atoms with E-state index in [1.165, 1.54) is 0 Å². The van der Waals surface area contributed by atoms with E-state index in [0.29, 0.717) is 46.3 Å². The third-order valence-electron chi connectivity index (χ3n) is 7.29. The minimum Gasteiger partial charge on any atom is -0.480 e. The summed E-state index contributed by atoms with van der Waals surface area (Å²) in [7, 11) is 0. The molecule has 0 saturated heterocycles. The Balaban J connectivity index is 1.49. The average molecular weight is 549 g/mol. The summed E-state index contributed by atoms with van der Waals surface area (Å²) in [5, 5.41) is 17.7. The number of carboxylic acids is 1. The van der Waals surface area contributed by atoms with Crippen molar-refractivity contribution in [2.24, 2.45) is 0 Å². The lowest BCUT2D eigenvalue weighted by Crippen LogP contribution is -2.16. The molecule has 0 atom stereocenters. The van der Waals surface area contributed by atoms with Gasteiger partial charge in [0.1, 0.15) is 6.54 Å². The lowest BCUT2D eigenvalue weighted by molar-refractivity contribution is -0.137. The highest BCUT2D eigenvalue weighted by atomic mass is 16.4. The molecule has 8 heteroatoms. The zero-order chi connectivity index (χ0) is 29.1. The van der Waals surface area contributed by atoms with E-state index >= 15 is 0 Å². The Morgan fingerprint density at radius 2 is 1.66 bits per heavy atom. The average Bonchev–Trinajstić information content (AvgIpc) is 3.50. The van der Waals surface area contributed by atoms with Crippen molar-refractivity contribution in [3.05, 3.63) is 102 Å². The second-order valence-electron chi connectivity index (χ2n) is 9.98. The smallest absolute Gasteiger partial charge is 0.323 e. The monoisotopic (exact) mass is 548 g/mol. The summed E-state index contributed by atoms with van der Waals surface area (Å²) in [4.78, 5) is 37.9. The molecule has 0 fully saturated rings. The van der Waals surface area contributed by atoms with Gasteiger partial charge in [0.25, 0.3) is 5.91 Å². The highest BCUT2D eigenvalue weighted by Gasteiger charge is 2.23. The van der Waals surface area contributed by atoms with Gasteiger partial charge in [-0.05, 0) is 67.3 Å². The Morgan fingerprint density at radius 3 is 2.32 bits per heavy atom. The number of nitrogens with zero attached hydrogens (tertiary/aromatic N) is 3. The number of amides is 1. The predicted octanol–water partition coefficient (Wildman–Crippen LogP) is 6.68. The molecule has 2 aromatic heterocycles. The minimum atomic E-state index is -0.972. The van der Waals surface area contributed by atoms with E-state index in [1.54, 1.807) is 27.6 Å². The van der Waals surface area contributed by atoms with Crippen LogP contribution in [0.2, 0.25) is 0 Å². The fourth-order valence-corrected chi connectivity index (χ4v) is 5.34. The van der Waals surface area contributed by atoms with Crippen molar-refractivity contribution in [1.82, 2.24) is 14.3 Å². The quantitative estimate of drug-likeness (QED) is 0.189. The fraction of sp³-hybridized carbons (Fsp3) is 0.212. The molecule has 3 aromatic carbocycles. The van der Waals surface area contributed by atoms with Gasteiger partial charge < -0.3 is 15.0 Å². The zero-order valence-corrected chi connectivity index (χ0v) is 23.3. The van der Waals surface area contributed by atoms with Crippen molar-refractivity contribution in [3.63, 3.8) is 0 Å². The Labute approximate surface area is 238 Å². The number of carbonyl (C=O) groups excluding carboxylic acids is 2. The van der Waals surface area contributed by atoms with E-state index in [1.807, 2.05) is 81.4 Å². The van der Waals surface area contributed by atoms with E-state index in [2.05, 4.69) is 10.4 Å². The summed E-state index contributed by atoms with van der Waals surface area (Å²) in [5.41, 5.74) is 6.53. The number of carboxylic acid groups (broad SMARTS) is 1. The number of nitrogens with one attached hydrogen (secondary N) is 1. The number of aliphatic carboxylic acids is 1. The maximum absolute atomic E-state index is 13.8. The third-order valence-corrected chi connectivity index (χ3v) is 7.29. The van der Waals surface area contributed by atoms with Crippen molar-refractivity contribution < 1.29 is 19.5 Å². The van der Waals surface area contributed by atoms with Crippen LogP contribution in [0.1, 0.15) is 58.8 Å². The van der Waals surface area contributed by atoms with Crippen LogP contribution in [-0.2, 0) is 17.8 Å². The molecule has 208 valence electrons. The van der Waals surface area contributed by atoms with Gasteiger partial charge in [-0.1, -0.05) is 50.2 Å². The maximum Gasteiger partial charge on any atom is 0.323 e. The van der Waals surface area contributed by atoms with Crippen LogP contribution in [0.25, 0.3) is 27.7 Å². The first-order valence-corrected chi connectivity index (χ1v) is 13.7. The van der Waals surface area contributed by atoms with Crippen molar-refractivity contribution >= 4 is 34.3 Å². The molecule has 41 heavy (non-hydrogen) atoms.